The average Bonchev–Trinajstić information content (AvgIpc) is 2.84. The second-order valence-electron chi connectivity index (χ2n) is 3.86. The predicted molar refractivity (Wildman–Crippen MR) is 68.7 cm³/mol. The number of aromatic carboxylic acids is 1. The van der Waals surface area contributed by atoms with Crippen LogP contribution in [0.4, 0.5) is 5.95 Å². The number of nitrogens with two attached hydrogens (primary N) is 1. The fourth-order valence-corrected chi connectivity index (χ4v) is 1.46. The molecule has 1 heterocycles. The molecule has 10 heteroatoms. The summed E-state index contributed by atoms with van der Waals surface area (Å²) in [5.74, 6) is -1.85. The van der Waals surface area contributed by atoms with Gasteiger partial charge in [-0.15, -0.1) is 0 Å². The molecule has 2 rings (SSSR count). The number of nitrogen functional groups attached to an aromatic ring is 1. The van der Waals surface area contributed by atoms with Gasteiger partial charge in [-0.05, 0) is 10.4 Å². The Hall–Kier alpha value is -3.30. The number of anilines is 1. The Labute approximate surface area is 118 Å². The highest BCUT2D eigenvalue weighted by Gasteiger charge is 2.06. The highest BCUT2D eigenvalue weighted by molar-refractivity contribution is 5.97. The summed E-state index contributed by atoms with van der Waals surface area (Å²) in [7, 11) is 0. The molecular weight excluding hydrogens is 278 g/mol. The van der Waals surface area contributed by atoms with E-state index >= 15 is 0 Å². The molecule has 0 fully saturated rings. The van der Waals surface area contributed by atoms with Crippen LogP contribution in [0.1, 0.15) is 15.9 Å². The van der Waals surface area contributed by atoms with Crippen molar-refractivity contribution in [1.82, 2.24) is 25.6 Å². The average molecular weight is 288 g/mol. The first kappa shape index (κ1) is 14.1. The van der Waals surface area contributed by atoms with Gasteiger partial charge in [0.1, 0.15) is 6.54 Å². The van der Waals surface area contributed by atoms with Crippen molar-refractivity contribution in [1.29, 1.82) is 0 Å². The molecule has 2 aromatic rings. The van der Waals surface area contributed by atoms with Crippen LogP contribution in [0, 0.1) is 0 Å². The van der Waals surface area contributed by atoms with E-state index < -0.39 is 11.9 Å². The van der Waals surface area contributed by atoms with Crippen LogP contribution in [0.25, 0.3) is 0 Å². The minimum absolute atomic E-state index is 0.00331. The molecular formula is C11H10N7O3-. The zero-order valence-electron chi connectivity index (χ0n) is 10.6. The van der Waals surface area contributed by atoms with Gasteiger partial charge in [0.05, 0.1) is 12.2 Å². The number of tetrazole rings is 1. The predicted octanol–water partition coefficient (Wildman–Crippen LogP) is -2.23. The smallest absolute Gasteiger partial charge is 0.261 e. The van der Waals surface area contributed by atoms with Gasteiger partial charge >= 0.3 is 0 Å². The van der Waals surface area contributed by atoms with E-state index in [2.05, 4.69) is 26.1 Å². The maximum absolute atomic E-state index is 11.5. The van der Waals surface area contributed by atoms with E-state index in [1.165, 1.54) is 18.3 Å². The summed E-state index contributed by atoms with van der Waals surface area (Å²) in [4.78, 5) is 22.4. The van der Waals surface area contributed by atoms with Crippen LogP contribution in [-0.2, 0) is 11.3 Å². The molecule has 0 bridgehead atoms. The first-order valence-electron chi connectivity index (χ1n) is 5.72. The number of hydrogen-bond donors (Lipinski definition) is 2. The summed E-state index contributed by atoms with van der Waals surface area (Å²) in [6.45, 7) is -0.210. The molecule has 0 unspecified atom stereocenters. The van der Waals surface area contributed by atoms with Gasteiger partial charge in [-0.3, -0.25) is 4.79 Å². The second-order valence-corrected chi connectivity index (χ2v) is 3.86. The van der Waals surface area contributed by atoms with Gasteiger partial charge in [0, 0.05) is 11.1 Å². The molecule has 0 atom stereocenters. The first-order valence-corrected chi connectivity index (χ1v) is 5.72. The van der Waals surface area contributed by atoms with Crippen molar-refractivity contribution in [3.8, 4) is 0 Å². The van der Waals surface area contributed by atoms with Gasteiger partial charge in [-0.2, -0.15) is 5.10 Å². The van der Waals surface area contributed by atoms with Gasteiger partial charge in [-0.1, -0.05) is 29.4 Å². The lowest BCUT2D eigenvalue weighted by molar-refractivity contribution is -0.255. The van der Waals surface area contributed by atoms with Crippen molar-refractivity contribution >= 4 is 24.0 Å². The van der Waals surface area contributed by atoms with E-state index in [9.17, 15) is 14.7 Å². The first-order chi connectivity index (χ1) is 10.1. The Morgan fingerprint density at radius 2 is 2.19 bits per heavy atom. The molecule has 0 spiro atoms. The summed E-state index contributed by atoms with van der Waals surface area (Å²) in [5, 5.41) is 24.7. The number of hydrogen-bond acceptors (Lipinski definition) is 8. The number of amides is 1. The monoisotopic (exact) mass is 288 g/mol. The third kappa shape index (κ3) is 3.59. The topological polar surface area (TPSA) is 151 Å². The lowest BCUT2D eigenvalue weighted by Crippen LogP contribution is -2.25. The second kappa shape index (κ2) is 6.23. The molecule has 0 saturated heterocycles. The number of benzene rings is 1. The quantitative estimate of drug-likeness (QED) is 0.466. The summed E-state index contributed by atoms with van der Waals surface area (Å²) in [5.41, 5.74) is 7.88. The fraction of sp³-hybridized carbons (Fsp3) is 0.0909. The maximum Gasteiger partial charge on any atom is 0.261 e. The number of carboxylic acids is 1. The Bertz CT molecular complexity index is 695. The van der Waals surface area contributed by atoms with Crippen LogP contribution in [0.2, 0.25) is 0 Å². The zero-order chi connectivity index (χ0) is 15.2. The highest BCUT2D eigenvalue weighted by atomic mass is 16.4. The zero-order valence-corrected chi connectivity index (χ0v) is 10.6. The summed E-state index contributed by atoms with van der Waals surface area (Å²) in [6, 6.07) is 6.10. The van der Waals surface area contributed by atoms with E-state index in [1.807, 2.05) is 0 Å². The van der Waals surface area contributed by atoms with Gasteiger partial charge in [0.25, 0.3) is 5.91 Å². The molecule has 3 N–H and O–H groups in total. The van der Waals surface area contributed by atoms with Crippen molar-refractivity contribution in [3.63, 3.8) is 0 Å². The minimum Gasteiger partial charge on any atom is -0.545 e. The standard InChI is InChI=1S/C11H11N7O3/c12-11-15-16-17-18(11)6-9(19)14-13-5-7-3-1-2-4-8(7)10(20)21/h1-5H,6H2,(H,14,19)(H,20,21)(H2,12,15,17)/p-1/b13-5-. The number of nitrogens with one attached hydrogen (secondary N) is 1. The Kier molecular flexibility index (Phi) is 4.19. The highest BCUT2D eigenvalue weighted by Crippen LogP contribution is 2.04. The van der Waals surface area contributed by atoms with Gasteiger partial charge in [0.2, 0.25) is 5.95 Å². The number of hydrazone groups is 1. The van der Waals surface area contributed by atoms with E-state index in [4.69, 9.17) is 5.73 Å². The van der Waals surface area contributed by atoms with Crippen molar-refractivity contribution in [3.05, 3.63) is 35.4 Å². The van der Waals surface area contributed by atoms with Crippen molar-refractivity contribution in [2.75, 3.05) is 5.73 Å². The van der Waals surface area contributed by atoms with Crippen LogP contribution < -0.4 is 16.3 Å². The lowest BCUT2D eigenvalue weighted by atomic mass is 10.1. The van der Waals surface area contributed by atoms with E-state index in [0.29, 0.717) is 5.56 Å². The molecule has 0 aliphatic rings. The molecule has 108 valence electrons. The van der Waals surface area contributed by atoms with E-state index in [-0.39, 0.29) is 18.1 Å². The van der Waals surface area contributed by atoms with Gasteiger partial charge in [0.15, 0.2) is 0 Å². The SMILES string of the molecule is Nc1nnnn1CC(=O)N/N=C\c1ccccc1C(=O)[O-]. The number of nitrogens with zero attached hydrogens (tertiary/aromatic N) is 5. The summed E-state index contributed by atoms with van der Waals surface area (Å²) < 4.78 is 1.08. The Balaban J connectivity index is 1.98. The van der Waals surface area contributed by atoms with Crippen LogP contribution >= 0.6 is 0 Å². The third-order valence-electron chi connectivity index (χ3n) is 2.43. The molecule has 1 amide bonds. The molecule has 0 aliphatic heterocycles. The number of carbonyl (C=O) groups excluding carboxylic acids is 2. The Morgan fingerprint density at radius 3 is 2.86 bits per heavy atom. The summed E-state index contributed by atoms with van der Waals surface area (Å²) >= 11 is 0. The van der Waals surface area contributed by atoms with Crippen LogP contribution in [0.5, 0.6) is 0 Å². The van der Waals surface area contributed by atoms with Crippen LogP contribution in [-0.4, -0.2) is 38.3 Å². The van der Waals surface area contributed by atoms with Crippen molar-refractivity contribution in [2.24, 2.45) is 5.10 Å². The Morgan fingerprint density at radius 1 is 1.43 bits per heavy atom. The number of carboxylic acid groups (broad SMARTS) is 1. The van der Waals surface area contributed by atoms with Crippen LogP contribution in [0.3, 0.4) is 0 Å². The maximum atomic E-state index is 11.5. The lowest BCUT2D eigenvalue weighted by Gasteiger charge is -2.05. The molecule has 0 saturated carbocycles. The molecule has 0 aliphatic carbocycles. The molecule has 1 aromatic carbocycles. The third-order valence-corrected chi connectivity index (χ3v) is 2.43. The normalized spacial score (nSPS) is 10.7. The molecule has 10 nitrogen and oxygen atoms in total. The van der Waals surface area contributed by atoms with Gasteiger partial charge < -0.3 is 15.6 Å². The fourth-order valence-electron chi connectivity index (χ4n) is 1.46. The number of rotatable bonds is 5. The van der Waals surface area contributed by atoms with Crippen molar-refractivity contribution in [2.45, 2.75) is 6.54 Å². The van der Waals surface area contributed by atoms with Crippen molar-refractivity contribution < 1.29 is 14.7 Å². The van der Waals surface area contributed by atoms with E-state index in [0.717, 1.165) is 4.68 Å². The number of aromatic nitrogens is 4. The van der Waals surface area contributed by atoms with Gasteiger partial charge in [-0.25, -0.2) is 10.1 Å². The molecule has 21 heavy (non-hydrogen) atoms. The van der Waals surface area contributed by atoms with E-state index in [1.54, 1.807) is 12.1 Å². The largest absolute Gasteiger partial charge is 0.545 e. The minimum atomic E-state index is -1.33. The number of carbonyl (C=O) groups is 2. The summed E-state index contributed by atoms with van der Waals surface area (Å²) in [6.07, 6.45) is 1.20. The molecule has 0 radical (unpaired) electrons. The molecule has 1 aromatic heterocycles. The van der Waals surface area contributed by atoms with Crippen LogP contribution in [0.15, 0.2) is 29.4 Å².